The van der Waals surface area contributed by atoms with Gasteiger partial charge in [-0.1, -0.05) is 37.3 Å². The van der Waals surface area contributed by atoms with Crippen molar-refractivity contribution in [3.63, 3.8) is 0 Å². The largest absolute Gasteiger partial charge is 0.353 e. The van der Waals surface area contributed by atoms with Crippen molar-refractivity contribution in [1.82, 2.24) is 5.32 Å². The van der Waals surface area contributed by atoms with Gasteiger partial charge in [-0.2, -0.15) is 0 Å². The van der Waals surface area contributed by atoms with Gasteiger partial charge in [0, 0.05) is 18.5 Å². The van der Waals surface area contributed by atoms with Crippen LogP contribution in [0.2, 0.25) is 0 Å². The van der Waals surface area contributed by atoms with Crippen LogP contribution in [-0.2, 0) is 10.2 Å². The van der Waals surface area contributed by atoms with Crippen LogP contribution >= 0.6 is 0 Å². The van der Waals surface area contributed by atoms with Crippen molar-refractivity contribution in [3.8, 4) is 0 Å². The third kappa shape index (κ3) is 3.50. The molecule has 5 saturated carbocycles. The van der Waals surface area contributed by atoms with Crippen molar-refractivity contribution >= 4 is 5.91 Å². The van der Waals surface area contributed by atoms with E-state index in [1.54, 1.807) is 0 Å². The van der Waals surface area contributed by atoms with E-state index in [-0.39, 0.29) is 47.1 Å². The molecule has 5 aliphatic rings. The van der Waals surface area contributed by atoms with Gasteiger partial charge in [-0.3, -0.25) is 4.79 Å². The molecule has 0 radical (unpaired) electrons. The van der Waals surface area contributed by atoms with Crippen LogP contribution in [0.4, 0.5) is 8.78 Å². The van der Waals surface area contributed by atoms with Gasteiger partial charge in [0.2, 0.25) is 12.3 Å². The standard InChI is InChI=1S/C27H38F2N2O/c1-2-27(16-23(28)29)19-12-25(18-6-4-3-5-7-18)13-20(27)15-26(14-19,17-25)24(32)31-22-10-8-21(30)9-11-22/h3-7,19-23H,2,8-17,30H2,1H3,(H,31,32). The van der Waals surface area contributed by atoms with Gasteiger partial charge in [0.1, 0.15) is 0 Å². The molecule has 5 aliphatic carbocycles. The van der Waals surface area contributed by atoms with E-state index in [0.717, 1.165) is 64.2 Å². The summed E-state index contributed by atoms with van der Waals surface area (Å²) in [6.45, 7) is 2.10. The summed E-state index contributed by atoms with van der Waals surface area (Å²) >= 11 is 0. The Kier molecular flexibility index (Phi) is 5.63. The third-order valence-corrected chi connectivity index (χ3v) is 10.0. The first kappa shape index (κ1) is 22.3. The number of nitrogens with one attached hydrogen (secondary N) is 1. The minimum atomic E-state index is -2.28. The van der Waals surface area contributed by atoms with Crippen LogP contribution in [0.5, 0.6) is 0 Å². The summed E-state index contributed by atoms with van der Waals surface area (Å²) in [6.07, 6.45) is 6.62. The van der Waals surface area contributed by atoms with Gasteiger partial charge >= 0.3 is 0 Å². The number of amides is 1. The summed E-state index contributed by atoms with van der Waals surface area (Å²) in [4.78, 5) is 13.9. The molecule has 32 heavy (non-hydrogen) atoms. The van der Waals surface area contributed by atoms with E-state index in [1.165, 1.54) is 5.56 Å². The minimum Gasteiger partial charge on any atom is -0.353 e. The fraction of sp³-hybridized carbons (Fsp3) is 0.741. The highest BCUT2D eigenvalue weighted by molar-refractivity contribution is 5.84. The lowest BCUT2D eigenvalue weighted by Gasteiger charge is -2.69. The normalized spacial score (nSPS) is 42.9. The molecule has 0 heterocycles. The number of halogens is 2. The van der Waals surface area contributed by atoms with Crippen molar-refractivity contribution in [2.75, 3.05) is 0 Å². The summed E-state index contributed by atoms with van der Waals surface area (Å²) in [5.41, 5.74) is 6.57. The molecule has 0 aliphatic heterocycles. The van der Waals surface area contributed by atoms with E-state index < -0.39 is 11.8 Å². The Labute approximate surface area is 190 Å². The molecule has 1 aromatic carbocycles. The zero-order valence-electron chi connectivity index (χ0n) is 19.3. The number of nitrogens with two attached hydrogens (primary N) is 1. The molecule has 3 nitrogen and oxygen atoms in total. The predicted molar refractivity (Wildman–Crippen MR) is 122 cm³/mol. The number of hydrogen-bond donors (Lipinski definition) is 2. The number of hydrogen-bond acceptors (Lipinski definition) is 2. The SMILES string of the molecule is CCC1(CC(F)F)C2CC3(C(=O)NC4CCC(N)CC4)CC1CC(c1ccccc1)(C2)C3. The van der Waals surface area contributed by atoms with Crippen molar-refractivity contribution in [3.05, 3.63) is 35.9 Å². The van der Waals surface area contributed by atoms with Crippen molar-refractivity contribution in [2.45, 2.75) is 101 Å². The van der Waals surface area contributed by atoms with Crippen LogP contribution in [0.3, 0.4) is 0 Å². The van der Waals surface area contributed by atoms with E-state index >= 15 is 0 Å². The van der Waals surface area contributed by atoms with E-state index in [1.807, 2.05) is 6.07 Å². The summed E-state index contributed by atoms with van der Waals surface area (Å²) in [6, 6.07) is 11.1. The molecular weight excluding hydrogens is 406 g/mol. The molecule has 0 saturated heterocycles. The van der Waals surface area contributed by atoms with Gasteiger partial charge in [0.25, 0.3) is 0 Å². The highest BCUT2D eigenvalue weighted by Crippen LogP contribution is 2.73. The van der Waals surface area contributed by atoms with Gasteiger partial charge in [-0.05, 0) is 92.4 Å². The van der Waals surface area contributed by atoms with Crippen LogP contribution in [0, 0.1) is 22.7 Å². The van der Waals surface area contributed by atoms with E-state index in [4.69, 9.17) is 5.73 Å². The fourth-order valence-corrected chi connectivity index (χ4v) is 8.62. The molecule has 4 bridgehead atoms. The Morgan fingerprint density at radius 3 is 2.25 bits per heavy atom. The Hall–Kier alpha value is -1.49. The number of carbonyl (C=O) groups excluding carboxylic acids is 1. The molecular formula is C27H38F2N2O. The first-order chi connectivity index (χ1) is 15.3. The average Bonchev–Trinajstić information content (AvgIpc) is 2.78. The molecule has 0 spiro atoms. The quantitative estimate of drug-likeness (QED) is 0.602. The van der Waals surface area contributed by atoms with E-state index in [0.29, 0.717) is 0 Å². The lowest BCUT2D eigenvalue weighted by atomic mass is 9.35. The van der Waals surface area contributed by atoms with Gasteiger partial charge in [-0.15, -0.1) is 0 Å². The number of carbonyl (C=O) groups is 1. The second kappa shape index (κ2) is 8.07. The van der Waals surface area contributed by atoms with E-state index in [2.05, 4.69) is 36.5 Å². The topological polar surface area (TPSA) is 55.1 Å². The van der Waals surface area contributed by atoms with Crippen LogP contribution in [-0.4, -0.2) is 24.4 Å². The first-order valence-corrected chi connectivity index (χ1v) is 12.7. The lowest BCUT2D eigenvalue weighted by Crippen LogP contribution is -2.66. The van der Waals surface area contributed by atoms with Crippen molar-refractivity contribution < 1.29 is 13.6 Å². The Morgan fingerprint density at radius 2 is 1.69 bits per heavy atom. The second-order valence-electron chi connectivity index (χ2n) is 11.6. The summed E-state index contributed by atoms with van der Waals surface area (Å²) in [5.74, 6) is 0.566. The number of alkyl halides is 2. The molecule has 5 fully saturated rings. The third-order valence-electron chi connectivity index (χ3n) is 10.0. The predicted octanol–water partition coefficient (Wildman–Crippen LogP) is 5.57. The molecule has 5 heteroatoms. The van der Waals surface area contributed by atoms with Crippen LogP contribution in [0.15, 0.2) is 30.3 Å². The van der Waals surface area contributed by atoms with Crippen LogP contribution in [0.1, 0.15) is 83.1 Å². The maximum absolute atomic E-state index is 13.9. The van der Waals surface area contributed by atoms with Gasteiger partial charge in [-0.25, -0.2) is 8.78 Å². The Morgan fingerprint density at radius 1 is 1.06 bits per heavy atom. The molecule has 176 valence electrons. The maximum atomic E-state index is 13.9. The van der Waals surface area contributed by atoms with Crippen molar-refractivity contribution in [1.29, 1.82) is 0 Å². The molecule has 1 amide bonds. The first-order valence-electron chi connectivity index (χ1n) is 12.7. The lowest BCUT2D eigenvalue weighted by molar-refractivity contribution is -0.189. The minimum absolute atomic E-state index is 0.0120. The van der Waals surface area contributed by atoms with Gasteiger partial charge in [0.05, 0.1) is 5.41 Å². The zero-order valence-corrected chi connectivity index (χ0v) is 19.3. The maximum Gasteiger partial charge on any atom is 0.239 e. The molecule has 2 atom stereocenters. The smallest absolute Gasteiger partial charge is 0.239 e. The summed E-state index contributed by atoms with van der Waals surface area (Å²) in [7, 11) is 0. The van der Waals surface area contributed by atoms with Crippen LogP contribution < -0.4 is 11.1 Å². The highest BCUT2D eigenvalue weighted by atomic mass is 19.3. The highest BCUT2D eigenvalue weighted by Gasteiger charge is 2.68. The number of benzene rings is 1. The van der Waals surface area contributed by atoms with E-state index in [9.17, 15) is 13.6 Å². The molecule has 0 aromatic heterocycles. The Bertz CT molecular complexity index is 817. The fourth-order valence-electron chi connectivity index (χ4n) is 8.62. The van der Waals surface area contributed by atoms with Gasteiger partial charge < -0.3 is 11.1 Å². The molecule has 1 aromatic rings. The Balaban J connectivity index is 1.48. The summed E-state index contributed by atoms with van der Waals surface area (Å²) < 4.78 is 27.6. The van der Waals surface area contributed by atoms with Crippen molar-refractivity contribution in [2.24, 2.45) is 28.4 Å². The zero-order chi connectivity index (χ0) is 22.6. The molecule has 3 N–H and O–H groups in total. The summed E-state index contributed by atoms with van der Waals surface area (Å²) in [5, 5.41) is 3.41. The van der Waals surface area contributed by atoms with Crippen LogP contribution in [0.25, 0.3) is 0 Å². The molecule has 2 unspecified atom stereocenters. The molecule has 6 rings (SSSR count). The van der Waals surface area contributed by atoms with Gasteiger partial charge in [0.15, 0.2) is 0 Å². The average molecular weight is 445 g/mol. The second-order valence-corrected chi connectivity index (χ2v) is 11.6. The number of rotatable bonds is 6. The monoisotopic (exact) mass is 444 g/mol.